The summed E-state index contributed by atoms with van der Waals surface area (Å²) in [6.07, 6.45) is 0. The Hall–Kier alpha value is -7.34. The summed E-state index contributed by atoms with van der Waals surface area (Å²) in [6, 6.07) is 67.9. The number of fused-ring (bicyclic) bond motifs is 5. The molecule has 4 nitrogen and oxygen atoms in total. The van der Waals surface area contributed by atoms with Gasteiger partial charge in [0.15, 0.2) is 11.6 Å². The molecule has 0 radical (unpaired) electrons. The normalized spacial score (nSPS) is 11.5. The van der Waals surface area contributed by atoms with Gasteiger partial charge in [-0.25, -0.2) is 19.9 Å². The quantitative estimate of drug-likeness (QED) is 0.170. The van der Waals surface area contributed by atoms with Crippen molar-refractivity contribution < 1.29 is 0 Å². The van der Waals surface area contributed by atoms with E-state index in [1.165, 1.54) is 31.3 Å². The number of nitrogens with zero attached hydrogens (tertiary/aromatic N) is 4. The SMILES string of the molecule is c1ccc(-c2nc(-c3ccc(-c4cccc5c4sc4cccc(-c6ccc(-c7nc(-c8ccccc8)c8ccccc8n7)cc6)c45)cc3)nc3ccccc23)cc1. The summed E-state index contributed by atoms with van der Waals surface area (Å²) >= 11 is 1.85. The lowest BCUT2D eigenvalue weighted by Crippen LogP contribution is -1.95. The Kier molecular flexibility index (Phi) is 7.97. The van der Waals surface area contributed by atoms with Gasteiger partial charge in [0.05, 0.1) is 22.4 Å². The summed E-state index contributed by atoms with van der Waals surface area (Å²) in [5.41, 5.74) is 12.6. The molecule has 266 valence electrons. The first-order valence-corrected chi connectivity index (χ1v) is 19.9. The molecule has 0 spiro atoms. The lowest BCUT2D eigenvalue weighted by molar-refractivity contribution is 1.23. The number of thiophene rings is 1. The van der Waals surface area contributed by atoms with Gasteiger partial charge in [0.2, 0.25) is 0 Å². The number of aromatic nitrogens is 4. The third kappa shape index (κ3) is 5.84. The minimum absolute atomic E-state index is 0.720. The molecule has 5 heteroatoms. The van der Waals surface area contributed by atoms with Crippen LogP contribution in [-0.4, -0.2) is 19.9 Å². The fraction of sp³-hybridized carbons (Fsp3) is 0. The fourth-order valence-electron chi connectivity index (χ4n) is 7.96. The van der Waals surface area contributed by atoms with E-state index in [1.54, 1.807) is 0 Å². The molecule has 0 amide bonds. The standard InChI is InChI=1S/C52H32N4S/c1-3-13-35(14-4-1)48-41-17-7-9-22-44(41)53-51(55-48)37-29-25-33(26-30-37)39-19-12-24-46-47(39)43-21-11-20-40(50(43)57-46)34-27-31-38(32-28-34)52-54-45-23-10-8-18-42(45)49(56-52)36-15-5-2-6-16-36/h1-32H. The summed E-state index contributed by atoms with van der Waals surface area (Å²) in [7, 11) is 0. The molecule has 0 aliphatic carbocycles. The van der Waals surface area contributed by atoms with Crippen molar-refractivity contribution in [1.82, 2.24) is 19.9 Å². The van der Waals surface area contributed by atoms with Crippen molar-refractivity contribution in [2.75, 3.05) is 0 Å². The van der Waals surface area contributed by atoms with Crippen LogP contribution >= 0.6 is 11.3 Å². The number of rotatable bonds is 6. The minimum atomic E-state index is 0.720. The van der Waals surface area contributed by atoms with E-state index in [4.69, 9.17) is 19.9 Å². The molecule has 0 atom stereocenters. The summed E-state index contributed by atoms with van der Waals surface area (Å²) in [5.74, 6) is 1.44. The van der Waals surface area contributed by atoms with Gasteiger partial charge in [0.1, 0.15) is 0 Å². The minimum Gasteiger partial charge on any atom is -0.228 e. The molecule has 0 fully saturated rings. The second kappa shape index (κ2) is 13.7. The molecular formula is C52H32N4S. The molecule has 0 N–H and O–H groups in total. The maximum atomic E-state index is 5.10. The van der Waals surface area contributed by atoms with Crippen LogP contribution in [0.2, 0.25) is 0 Å². The molecule has 8 aromatic carbocycles. The smallest absolute Gasteiger partial charge is 0.160 e. The van der Waals surface area contributed by atoms with Crippen molar-refractivity contribution in [3.05, 3.63) is 194 Å². The molecule has 0 saturated heterocycles. The predicted octanol–water partition coefficient (Wildman–Crippen LogP) is 13.9. The van der Waals surface area contributed by atoms with Crippen LogP contribution in [0.1, 0.15) is 0 Å². The highest BCUT2D eigenvalue weighted by molar-refractivity contribution is 7.26. The predicted molar refractivity (Wildman–Crippen MR) is 238 cm³/mol. The lowest BCUT2D eigenvalue weighted by Gasteiger charge is -2.11. The zero-order valence-corrected chi connectivity index (χ0v) is 31.5. The van der Waals surface area contributed by atoms with Gasteiger partial charge in [-0.1, -0.05) is 176 Å². The number of hydrogen-bond acceptors (Lipinski definition) is 5. The molecule has 0 aliphatic rings. The van der Waals surface area contributed by atoms with E-state index in [2.05, 4.69) is 158 Å². The second-order valence-corrected chi connectivity index (χ2v) is 15.2. The Morgan fingerprint density at radius 1 is 0.298 bits per heavy atom. The van der Waals surface area contributed by atoms with Crippen LogP contribution in [0, 0.1) is 0 Å². The van der Waals surface area contributed by atoms with Gasteiger partial charge in [-0.15, -0.1) is 11.3 Å². The van der Waals surface area contributed by atoms with Crippen LogP contribution in [0.5, 0.6) is 0 Å². The molecule has 0 bridgehead atoms. The highest BCUT2D eigenvalue weighted by atomic mass is 32.1. The van der Waals surface area contributed by atoms with Crippen molar-refractivity contribution in [3.8, 4) is 67.5 Å². The maximum Gasteiger partial charge on any atom is 0.160 e. The molecule has 57 heavy (non-hydrogen) atoms. The highest BCUT2D eigenvalue weighted by Crippen LogP contribution is 2.44. The van der Waals surface area contributed by atoms with E-state index in [-0.39, 0.29) is 0 Å². The summed E-state index contributed by atoms with van der Waals surface area (Å²) in [5, 5.41) is 4.63. The Morgan fingerprint density at radius 3 is 1.30 bits per heavy atom. The van der Waals surface area contributed by atoms with Crippen LogP contribution in [0.15, 0.2) is 194 Å². The summed E-state index contributed by atoms with van der Waals surface area (Å²) in [4.78, 5) is 20.2. The first-order chi connectivity index (χ1) is 28.2. The topological polar surface area (TPSA) is 51.6 Å². The molecule has 0 unspecified atom stereocenters. The Balaban J connectivity index is 0.954. The van der Waals surface area contributed by atoms with Gasteiger partial charge in [-0.3, -0.25) is 0 Å². The van der Waals surface area contributed by atoms with Crippen LogP contribution in [0.4, 0.5) is 0 Å². The third-order valence-electron chi connectivity index (χ3n) is 10.7. The summed E-state index contributed by atoms with van der Waals surface area (Å²) < 4.78 is 2.54. The zero-order valence-electron chi connectivity index (χ0n) is 30.7. The van der Waals surface area contributed by atoms with E-state index in [9.17, 15) is 0 Å². The second-order valence-electron chi connectivity index (χ2n) is 14.2. The van der Waals surface area contributed by atoms with Crippen molar-refractivity contribution >= 4 is 53.3 Å². The van der Waals surface area contributed by atoms with E-state index in [1.807, 2.05) is 47.7 Å². The average molecular weight is 745 g/mol. The van der Waals surface area contributed by atoms with Gasteiger partial charge in [-0.2, -0.15) is 0 Å². The molecule has 0 saturated carbocycles. The largest absolute Gasteiger partial charge is 0.228 e. The molecular weight excluding hydrogens is 713 g/mol. The van der Waals surface area contributed by atoms with Gasteiger partial charge >= 0.3 is 0 Å². The van der Waals surface area contributed by atoms with Gasteiger partial charge < -0.3 is 0 Å². The third-order valence-corrected chi connectivity index (χ3v) is 11.9. The van der Waals surface area contributed by atoms with Crippen LogP contribution in [-0.2, 0) is 0 Å². The number of hydrogen-bond donors (Lipinski definition) is 0. The Labute approximate surface area is 333 Å². The monoisotopic (exact) mass is 744 g/mol. The van der Waals surface area contributed by atoms with E-state index >= 15 is 0 Å². The molecule has 3 heterocycles. The molecule has 11 aromatic rings. The van der Waals surface area contributed by atoms with Gasteiger partial charge in [0.25, 0.3) is 0 Å². The van der Waals surface area contributed by atoms with E-state index < -0.39 is 0 Å². The Morgan fingerprint density at radius 2 is 0.737 bits per heavy atom. The van der Waals surface area contributed by atoms with Gasteiger partial charge in [-0.05, 0) is 40.5 Å². The fourth-order valence-corrected chi connectivity index (χ4v) is 9.22. The summed E-state index contributed by atoms with van der Waals surface area (Å²) in [6.45, 7) is 0. The first kappa shape index (κ1) is 33.0. The van der Waals surface area contributed by atoms with Crippen LogP contribution in [0.3, 0.4) is 0 Å². The van der Waals surface area contributed by atoms with Crippen LogP contribution < -0.4 is 0 Å². The first-order valence-electron chi connectivity index (χ1n) is 19.1. The average Bonchev–Trinajstić information content (AvgIpc) is 3.68. The number of benzene rings is 8. The van der Waals surface area contributed by atoms with E-state index in [0.29, 0.717) is 0 Å². The van der Waals surface area contributed by atoms with Crippen molar-refractivity contribution in [1.29, 1.82) is 0 Å². The lowest BCUT2D eigenvalue weighted by atomic mass is 9.96. The van der Waals surface area contributed by atoms with Crippen molar-refractivity contribution in [3.63, 3.8) is 0 Å². The van der Waals surface area contributed by atoms with E-state index in [0.717, 1.165) is 78.2 Å². The van der Waals surface area contributed by atoms with Crippen molar-refractivity contribution in [2.45, 2.75) is 0 Å². The number of para-hydroxylation sites is 2. The molecule has 3 aromatic heterocycles. The van der Waals surface area contributed by atoms with Crippen molar-refractivity contribution in [2.24, 2.45) is 0 Å². The Bertz CT molecular complexity index is 3270. The molecule has 0 aliphatic heterocycles. The van der Waals surface area contributed by atoms with Gasteiger partial charge in [0, 0.05) is 53.2 Å². The van der Waals surface area contributed by atoms with Crippen LogP contribution in [0.25, 0.3) is 110 Å². The highest BCUT2D eigenvalue weighted by Gasteiger charge is 2.17. The zero-order chi connectivity index (χ0) is 37.7. The maximum absolute atomic E-state index is 5.10. The molecule has 11 rings (SSSR count).